The smallest absolute Gasteiger partial charge is 0.396 e. The predicted molar refractivity (Wildman–Crippen MR) is 46.0 cm³/mol. The minimum absolute atomic E-state index is 0.428. The van der Waals surface area contributed by atoms with Crippen LogP contribution in [-0.2, 0) is 16.6 Å². The summed E-state index contributed by atoms with van der Waals surface area (Å²) in [4.78, 5) is 0. The number of rotatable bonds is 0. The molecule has 2 rings (SSSR count). The van der Waals surface area contributed by atoms with Crippen LogP contribution in [0.5, 0.6) is 11.5 Å². The second-order valence-corrected chi connectivity index (χ2v) is 4.08. The molecule has 1 aliphatic rings. The van der Waals surface area contributed by atoms with E-state index in [1.165, 1.54) is 0 Å². The zero-order chi connectivity index (χ0) is 12.1. The van der Waals surface area contributed by atoms with Gasteiger partial charge < -0.3 is 14.1 Å². The first-order valence-corrected chi connectivity index (χ1v) is 5.17. The molecule has 0 unspecified atom stereocenters. The largest absolute Gasteiger partial charge is 0.501 e. The number of hydrogen-bond acceptors (Lipinski definition) is 5. The molecule has 5 nitrogen and oxygen atoms in total. The Bertz CT molecular complexity index is 551. The lowest BCUT2D eigenvalue weighted by atomic mass is 10.1. The van der Waals surface area contributed by atoms with Gasteiger partial charge in [0.2, 0.25) is 0 Å². The zero-order valence-electron chi connectivity index (χ0n) is 7.41. The van der Waals surface area contributed by atoms with Gasteiger partial charge in [-0.05, 0) is 12.1 Å². The third-order valence-electron chi connectivity index (χ3n) is 1.81. The molecule has 0 amide bonds. The summed E-state index contributed by atoms with van der Waals surface area (Å²) < 4.78 is 67.6. The summed E-state index contributed by atoms with van der Waals surface area (Å²) in [5.41, 5.74) is 3.45. The molecule has 1 aliphatic heterocycles. The molecule has 9 heteroatoms. The van der Waals surface area contributed by atoms with Crippen molar-refractivity contribution in [1.82, 2.24) is 0 Å². The Morgan fingerprint density at radius 1 is 1.19 bits per heavy atom. The van der Waals surface area contributed by atoms with Gasteiger partial charge in [-0.1, -0.05) is 0 Å². The maximum Gasteiger partial charge on any atom is 0.501 e. The van der Waals surface area contributed by atoms with Crippen molar-refractivity contribution >= 4 is 16.1 Å². The summed E-state index contributed by atoms with van der Waals surface area (Å²) in [6.07, 6.45) is -4.81. The highest BCUT2D eigenvalue weighted by atomic mass is 32.3. The molecular weight excluding hydrogens is 251 g/mol. The fraction of sp³-hybridized carbons (Fsp3) is 0.143. The van der Waals surface area contributed by atoms with Gasteiger partial charge in [0, 0.05) is 0 Å². The lowest BCUT2D eigenvalue weighted by Crippen LogP contribution is -2.26. The van der Waals surface area contributed by atoms with Gasteiger partial charge in [0.25, 0.3) is 0 Å². The van der Waals surface area contributed by atoms with E-state index < -0.39 is 39.3 Å². The van der Waals surface area contributed by atoms with Crippen molar-refractivity contribution in [2.24, 2.45) is 0 Å². The number of fused-ring (bicyclic) bond motifs is 2. The van der Waals surface area contributed by atoms with Crippen molar-refractivity contribution < 1.29 is 30.0 Å². The maximum absolute atomic E-state index is 12.6. The van der Waals surface area contributed by atoms with E-state index in [1.54, 1.807) is 0 Å². The SMILES string of the molecule is Nc1ccc2c(C(F)(F)F)c1OS(=O)(=O)O2. The van der Waals surface area contributed by atoms with Crippen LogP contribution in [0.25, 0.3) is 0 Å². The summed E-state index contributed by atoms with van der Waals surface area (Å²) in [6, 6.07) is 1.89. The average molecular weight is 255 g/mol. The molecule has 1 aromatic rings. The van der Waals surface area contributed by atoms with Crippen LogP contribution in [0, 0.1) is 0 Å². The fourth-order valence-corrected chi connectivity index (χ4v) is 2.01. The highest BCUT2D eigenvalue weighted by molar-refractivity contribution is 7.82. The monoisotopic (exact) mass is 255 g/mol. The highest BCUT2D eigenvalue weighted by Crippen LogP contribution is 2.48. The average Bonchev–Trinajstić information content (AvgIpc) is 2.07. The number of nitrogens with two attached hydrogens (primary N) is 1. The Balaban J connectivity index is 2.74. The van der Waals surface area contributed by atoms with Gasteiger partial charge in [0.05, 0.1) is 5.69 Å². The number of nitrogen functional groups attached to an aromatic ring is 1. The van der Waals surface area contributed by atoms with Crippen molar-refractivity contribution in [3.8, 4) is 11.5 Å². The fourth-order valence-electron chi connectivity index (χ4n) is 1.24. The second kappa shape index (κ2) is 2.94. The molecule has 0 saturated heterocycles. The molecule has 0 spiro atoms. The van der Waals surface area contributed by atoms with Crippen molar-refractivity contribution in [1.29, 1.82) is 0 Å². The molecule has 0 atom stereocenters. The number of alkyl halides is 3. The number of halogens is 3. The number of benzene rings is 1. The molecular formula is C7H4F3NO4S. The first-order valence-electron chi connectivity index (χ1n) is 3.84. The van der Waals surface area contributed by atoms with E-state index >= 15 is 0 Å². The molecule has 2 bridgehead atoms. The summed E-state index contributed by atoms with van der Waals surface area (Å²) in [5.74, 6) is -1.79. The van der Waals surface area contributed by atoms with Crippen LogP contribution < -0.4 is 14.1 Å². The van der Waals surface area contributed by atoms with E-state index in [0.29, 0.717) is 0 Å². The van der Waals surface area contributed by atoms with Gasteiger partial charge in [-0.2, -0.15) is 13.2 Å². The van der Waals surface area contributed by atoms with E-state index in [2.05, 4.69) is 8.37 Å². The normalized spacial score (nSPS) is 17.4. The van der Waals surface area contributed by atoms with Gasteiger partial charge in [-0.3, -0.25) is 0 Å². The highest BCUT2D eigenvalue weighted by Gasteiger charge is 2.44. The Morgan fingerprint density at radius 3 is 2.38 bits per heavy atom. The Hall–Kier alpha value is -1.64. The van der Waals surface area contributed by atoms with Gasteiger partial charge in [0.1, 0.15) is 5.56 Å². The Kier molecular flexibility index (Phi) is 1.99. The van der Waals surface area contributed by atoms with Crippen molar-refractivity contribution in [2.75, 3.05) is 5.73 Å². The zero-order valence-corrected chi connectivity index (χ0v) is 8.22. The number of anilines is 1. The summed E-state index contributed by atoms with van der Waals surface area (Å²) in [5, 5.41) is 0. The minimum atomic E-state index is -4.81. The molecule has 16 heavy (non-hydrogen) atoms. The third-order valence-corrected chi connectivity index (χ3v) is 2.57. The van der Waals surface area contributed by atoms with Crippen LogP contribution in [0.2, 0.25) is 0 Å². The van der Waals surface area contributed by atoms with Gasteiger partial charge >= 0.3 is 16.6 Å². The van der Waals surface area contributed by atoms with Crippen molar-refractivity contribution in [2.45, 2.75) is 6.18 Å². The molecule has 0 aromatic heterocycles. The van der Waals surface area contributed by atoms with Crippen LogP contribution in [0.3, 0.4) is 0 Å². The maximum atomic E-state index is 12.6. The van der Waals surface area contributed by atoms with Crippen molar-refractivity contribution in [3.63, 3.8) is 0 Å². The lowest BCUT2D eigenvalue weighted by Gasteiger charge is -2.22. The molecule has 0 saturated carbocycles. The standard InChI is InChI=1S/C7H4F3NO4S/c8-7(9,10)5-4-2-1-3(11)6(5)15-16(12,13)14-4/h1-2H,11H2. The third kappa shape index (κ3) is 1.62. The van der Waals surface area contributed by atoms with Gasteiger partial charge in [-0.15, -0.1) is 8.42 Å². The second-order valence-electron chi connectivity index (χ2n) is 2.93. The van der Waals surface area contributed by atoms with E-state index in [-0.39, 0.29) is 0 Å². The first-order chi connectivity index (χ1) is 7.21. The predicted octanol–water partition coefficient (Wildman–Crippen LogP) is 1.30. The quantitative estimate of drug-likeness (QED) is 0.707. The molecule has 0 fully saturated rings. The van der Waals surface area contributed by atoms with E-state index in [1.807, 2.05) is 0 Å². The van der Waals surface area contributed by atoms with Crippen LogP contribution in [0.4, 0.5) is 18.9 Å². The van der Waals surface area contributed by atoms with Gasteiger partial charge in [-0.25, -0.2) is 0 Å². The minimum Gasteiger partial charge on any atom is -0.396 e. The molecule has 88 valence electrons. The Morgan fingerprint density at radius 2 is 1.81 bits per heavy atom. The molecule has 2 N–H and O–H groups in total. The molecule has 0 radical (unpaired) electrons. The van der Waals surface area contributed by atoms with Gasteiger partial charge in [0.15, 0.2) is 11.5 Å². The first kappa shape index (κ1) is 10.9. The Labute approximate surface area is 87.9 Å². The van der Waals surface area contributed by atoms with Crippen LogP contribution >= 0.6 is 0 Å². The summed E-state index contributed by atoms with van der Waals surface area (Å²) in [7, 11) is -4.52. The molecule has 0 aliphatic carbocycles. The lowest BCUT2D eigenvalue weighted by molar-refractivity contribution is -0.139. The summed E-state index contributed by atoms with van der Waals surface area (Å²) in [6.45, 7) is 0. The van der Waals surface area contributed by atoms with Crippen LogP contribution in [0.15, 0.2) is 12.1 Å². The van der Waals surface area contributed by atoms with E-state index in [9.17, 15) is 21.6 Å². The van der Waals surface area contributed by atoms with Crippen LogP contribution in [-0.4, -0.2) is 8.42 Å². The molecule has 1 aromatic carbocycles. The van der Waals surface area contributed by atoms with Crippen LogP contribution in [0.1, 0.15) is 5.56 Å². The summed E-state index contributed by atoms with van der Waals surface area (Å²) >= 11 is 0. The van der Waals surface area contributed by atoms with E-state index in [4.69, 9.17) is 5.73 Å². The van der Waals surface area contributed by atoms with E-state index in [0.717, 1.165) is 12.1 Å². The number of hydrogen-bond donors (Lipinski definition) is 1. The topological polar surface area (TPSA) is 78.6 Å². The van der Waals surface area contributed by atoms with Crippen molar-refractivity contribution in [3.05, 3.63) is 17.7 Å². The molecule has 1 heterocycles.